The Hall–Kier alpha value is -1.05. The molecule has 14 atom stereocenters. The summed E-state index contributed by atoms with van der Waals surface area (Å²) in [5.74, 6) is -1.07. The lowest BCUT2D eigenvalue weighted by Crippen LogP contribution is -2.66. The summed E-state index contributed by atoms with van der Waals surface area (Å²) in [6.07, 6.45) is -23.1. The van der Waals surface area contributed by atoms with Crippen LogP contribution in [0.25, 0.3) is 0 Å². The largest absolute Gasteiger partial charge is 0.467 e. The van der Waals surface area contributed by atoms with Gasteiger partial charge in [-0.05, 0) is 6.92 Å². The van der Waals surface area contributed by atoms with Crippen LogP contribution >= 0.6 is 0 Å². The van der Waals surface area contributed by atoms with Gasteiger partial charge < -0.3 is 69.3 Å². The molecule has 0 radical (unpaired) electrons. The third-order valence-electron chi connectivity index (χ3n) is 5.82. The van der Waals surface area contributed by atoms with Crippen molar-refractivity contribution in [1.82, 2.24) is 0 Å². The molecule has 3 heterocycles. The molecular formula is C18H30O15. The molecule has 3 aliphatic heterocycles. The molecule has 0 aromatic heterocycles. The van der Waals surface area contributed by atoms with Crippen LogP contribution in [-0.2, 0) is 33.2 Å². The molecule has 0 bridgehead atoms. The Morgan fingerprint density at radius 2 is 1.36 bits per heavy atom. The molecule has 0 spiro atoms. The monoisotopic (exact) mass is 486 g/mol. The Labute approximate surface area is 187 Å². The minimum absolute atomic E-state index is 0.442. The Kier molecular flexibility index (Phi) is 8.61. The molecule has 0 saturated carbocycles. The molecule has 192 valence electrons. The van der Waals surface area contributed by atoms with Crippen molar-refractivity contribution in [1.29, 1.82) is 0 Å². The highest BCUT2D eigenvalue weighted by molar-refractivity contribution is 5.75. The van der Waals surface area contributed by atoms with Crippen LogP contribution in [0.1, 0.15) is 6.92 Å². The standard InChI is InChI=1S/C18H30O15/c1-4-6(20)8(22)10(24)18(30-4)32-12-11(25)15(26)31-14(16(27)28-2)13(12)33-17-9(23)7(21)5(19)3-29-17/h4-15,17-26H,3H2,1-2H3/t4-,5+,6-,7-,8+,9+,10+,11+,12+,13-,14-,15?,17-,18-/m0/s1. The van der Waals surface area contributed by atoms with Crippen molar-refractivity contribution < 1.29 is 74.1 Å². The molecule has 3 saturated heterocycles. The van der Waals surface area contributed by atoms with E-state index < -0.39 is 98.6 Å². The molecule has 3 fully saturated rings. The van der Waals surface area contributed by atoms with Gasteiger partial charge in [-0.1, -0.05) is 0 Å². The van der Waals surface area contributed by atoms with Crippen LogP contribution in [-0.4, -0.2) is 147 Å². The van der Waals surface area contributed by atoms with Gasteiger partial charge in [0.15, 0.2) is 25.0 Å². The predicted molar refractivity (Wildman–Crippen MR) is 98.8 cm³/mol. The zero-order valence-corrected chi connectivity index (χ0v) is 17.7. The zero-order valence-electron chi connectivity index (χ0n) is 17.7. The second-order valence-corrected chi connectivity index (χ2v) is 8.09. The Bertz CT molecular complexity index is 665. The SMILES string of the molecule is COC(=O)[C@H]1OC(O)[C@H](O)[C@@H](O[C@@H]2O[C@@H](C)[C@H](O)[C@@H](O)[C@H]2O)[C@@H]1O[C@@H]1OC[C@@H](O)[C@H](O)[C@H]1O. The number of aliphatic hydroxyl groups is 8. The summed E-state index contributed by atoms with van der Waals surface area (Å²) in [5, 5.41) is 80.4. The van der Waals surface area contributed by atoms with E-state index >= 15 is 0 Å². The van der Waals surface area contributed by atoms with E-state index in [4.69, 9.17) is 23.7 Å². The number of methoxy groups -OCH3 is 1. The fourth-order valence-corrected chi connectivity index (χ4v) is 3.78. The van der Waals surface area contributed by atoms with Crippen LogP contribution in [0, 0.1) is 0 Å². The molecule has 0 aliphatic carbocycles. The molecule has 3 aliphatic rings. The fraction of sp³-hybridized carbons (Fsp3) is 0.944. The average Bonchev–Trinajstić information content (AvgIpc) is 2.79. The second kappa shape index (κ2) is 10.7. The van der Waals surface area contributed by atoms with Crippen molar-refractivity contribution in [3.8, 4) is 0 Å². The van der Waals surface area contributed by atoms with Crippen molar-refractivity contribution in [3.05, 3.63) is 0 Å². The van der Waals surface area contributed by atoms with E-state index in [2.05, 4.69) is 4.74 Å². The highest BCUT2D eigenvalue weighted by Gasteiger charge is 2.54. The van der Waals surface area contributed by atoms with Crippen LogP contribution in [0.3, 0.4) is 0 Å². The molecule has 1 unspecified atom stereocenters. The van der Waals surface area contributed by atoms with Crippen LogP contribution < -0.4 is 0 Å². The third kappa shape index (κ3) is 5.30. The number of aliphatic hydroxyl groups excluding tert-OH is 8. The lowest BCUT2D eigenvalue weighted by atomic mass is 9.96. The van der Waals surface area contributed by atoms with Crippen molar-refractivity contribution in [3.63, 3.8) is 0 Å². The van der Waals surface area contributed by atoms with Crippen molar-refractivity contribution in [2.75, 3.05) is 13.7 Å². The summed E-state index contributed by atoms with van der Waals surface area (Å²) in [6, 6.07) is 0. The maximum Gasteiger partial charge on any atom is 0.337 e. The van der Waals surface area contributed by atoms with E-state index in [-0.39, 0.29) is 0 Å². The maximum absolute atomic E-state index is 12.3. The predicted octanol–water partition coefficient (Wildman–Crippen LogP) is -5.73. The number of hydrogen-bond donors (Lipinski definition) is 8. The summed E-state index contributed by atoms with van der Waals surface area (Å²) >= 11 is 0. The first-order valence-electron chi connectivity index (χ1n) is 10.2. The van der Waals surface area contributed by atoms with Crippen LogP contribution in [0.15, 0.2) is 0 Å². The maximum atomic E-state index is 12.3. The quantitative estimate of drug-likeness (QED) is 0.169. The molecule has 15 nitrogen and oxygen atoms in total. The number of rotatable bonds is 5. The summed E-state index contributed by atoms with van der Waals surface area (Å²) in [4.78, 5) is 12.3. The van der Waals surface area contributed by atoms with E-state index in [0.29, 0.717) is 0 Å². The minimum Gasteiger partial charge on any atom is -0.467 e. The van der Waals surface area contributed by atoms with Gasteiger partial charge in [0.2, 0.25) is 0 Å². The number of ether oxygens (including phenoxy) is 6. The first kappa shape index (κ1) is 26.6. The Morgan fingerprint density at radius 3 is 2.00 bits per heavy atom. The molecule has 0 aromatic carbocycles. The van der Waals surface area contributed by atoms with Gasteiger partial charge in [-0.25, -0.2) is 4.79 Å². The number of carbonyl (C=O) groups excluding carboxylic acids is 1. The highest BCUT2D eigenvalue weighted by atomic mass is 16.8. The third-order valence-corrected chi connectivity index (χ3v) is 5.82. The molecule has 0 aromatic rings. The van der Waals surface area contributed by atoms with Gasteiger partial charge in [0, 0.05) is 0 Å². The van der Waals surface area contributed by atoms with Gasteiger partial charge in [-0.3, -0.25) is 0 Å². The smallest absolute Gasteiger partial charge is 0.337 e. The molecule has 33 heavy (non-hydrogen) atoms. The lowest BCUT2D eigenvalue weighted by Gasteiger charge is -2.47. The number of hydrogen-bond acceptors (Lipinski definition) is 15. The van der Waals surface area contributed by atoms with Crippen molar-refractivity contribution >= 4 is 5.97 Å². The molecular weight excluding hydrogens is 456 g/mol. The van der Waals surface area contributed by atoms with Crippen molar-refractivity contribution in [2.45, 2.75) is 92.9 Å². The van der Waals surface area contributed by atoms with Crippen molar-refractivity contribution in [2.24, 2.45) is 0 Å². The summed E-state index contributed by atoms with van der Waals surface area (Å²) < 4.78 is 31.3. The normalized spacial score (nSPS) is 51.2. The van der Waals surface area contributed by atoms with E-state index in [9.17, 15) is 45.6 Å². The average molecular weight is 486 g/mol. The van der Waals surface area contributed by atoms with Crippen LogP contribution in [0.2, 0.25) is 0 Å². The highest BCUT2D eigenvalue weighted by Crippen LogP contribution is 2.32. The van der Waals surface area contributed by atoms with E-state index in [0.717, 1.165) is 7.11 Å². The van der Waals surface area contributed by atoms with E-state index in [1.165, 1.54) is 6.92 Å². The second-order valence-electron chi connectivity index (χ2n) is 8.09. The summed E-state index contributed by atoms with van der Waals surface area (Å²) in [7, 11) is 1.01. The van der Waals surface area contributed by atoms with Gasteiger partial charge >= 0.3 is 5.97 Å². The topological polar surface area (TPSA) is 234 Å². The van der Waals surface area contributed by atoms with E-state index in [1.54, 1.807) is 0 Å². The number of esters is 1. The summed E-state index contributed by atoms with van der Waals surface area (Å²) in [5.41, 5.74) is 0. The molecule has 15 heteroatoms. The van der Waals surface area contributed by atoms with Gasteiger partial charge in [-0.15, -0.1) is 0 Å². The van der Waals surface area contributed by atoms with Crippen LogP contribution in [0.5, 0.6) is 0 Å². The van der Waals surface area contributed by atoms with Gasteiger partial charge in [0.1, 0.15) is 54.9 Å². The first-order chi connectivity index (χ1) is 15.5. The minimum atomic E-state index is -1.99. The Balaban J connectivity index is 1.87. The Morgan fingerprint density at radius 1 is 0.758 bits per heavy atom. The first-order valence-corrected chi connectivity index (χ1v) is 10.2. The van der Waals surface area contributed by atoms with E-state index in [1.807, 2.05) is 0 Å². The molecule has 8 N–H and O–H groups in total. The lowest BCUT2D eigenvalue weighted by molar-refractivity contribution is -0.372. The number of carbonyl (C=O) groups is 1. The molecule has 0 amide bonds. The van der Waals surface area contributed by atoms with Gasteiger partial charge in [0.25, 0.3) is 0 Å². The molecule has 3 rings (SSSR count). The van der Waals surface area contributed by atoms with Crippen LogP contribution in [0.4, 0.5) is 0 Å². The zero-order chi connectivity index (χ0) is 24.6. The van der Waals surface area contributed by atoms with Gasteiger partial charge in [0.05, 0.1) is 19.8 Å². The summed E-state index contributed by atoms with van der Waals surface area (Å²) in [6.45, 7) is 0.942. The van der Waals surface area contributed by atoms with Gasteiger partial charge in [-0.2, -0.15) is 0 Å². The fourth-order valence-electron chi connectivity index (χ4n) is 3.78.